The predicted octanol–water partition coefficient (Wildman–Crippen LogP) is 1.52. The van der Waals surface area contributed by atoms with Gasteiger partial charge in [0.05, 0.1) is 0 Å². The van der Waals surface area contributed by atoms with Gasteiger partial charge in [-0.3, -0.25) is 0 Å². The molecular formula is C7H12ClN3O2S2. The second-order valence-corrected chi connectivity index (χ2v) is 6.39. The van der Waals surface area contributed by atoms with E-state index in [0.29, 0.717) is 5.13 Å². The maximum atomic E-state index is 11.7. The molecule has 0 radical (unpaired) electrons. The van der Waals surface area contributed by atoms with E-state index in [1.165, 1.54) is 0 Å². The fourth-order valence-electron chi connectivity index (χ4n) is 0.924. The molecule has 0 atom stereocenters. The van der Waals surface area contributed by atoms with Crippen molar-refractivity contribution in [2.24, 2.45) is 0 Å². The molecule has 0 unspecified atom stereocenters. The molecule has 0 aromatic carbocycles. The van der Waals surface area contributed by atoms with Gasteiger partial charge in [-0.25, -0.2) is 18.1 Å². The lowest BCUT2D eigenvalue weighted by molar-refractivity contribution is 0.572. The van der Waals surface area contributed by atoms with Crippen LogP contribution in [0, 0.1) is 0 Å². The Bertz CT molecular complexity index is 441. The number of thiazole rings is 1. The third kappa shape index (κ3) is 3.04. The van der Waals surface area contributed by atoms with Crippen molar-refractivity contribution in [1.29, 1.82) is 0 Å². The van der Waals surface area contributed by atoms with E-state index in [2.05, 4.69) is 15.0 Å². The molecule has 0 spiro atoms. The highest BCUT2D eigenvalue weighted by molar-refractivity contribution is 7.91. The summed E-state index contributed by atoms with van der Waals surface area (Å²) in [5.41, 5.74) is 0. The summed E-state index contributed by atoms with van der Waals surface area (Å²) in [7, 11) is -1.89. The highest BCUT2D eigenvalue weighted by Gasteiger charge is 2.23. The van der Waals surface area contributed by atoms with Gasteiger partial charge in [-0.05, 0) is 13.8 Å². The Morgan fingerprint density at radius 3 is 2.47 bits per heavy atom. The lowest BCUT2D eigenvalue weighted by Gasteiger charge is -2.06. The van der Waals surface area contributed by atoms with Gasteiger partial charge in [0.2, 0.25) is 0 Å². The molecule has 8 heteroatoms. The van der Waals surface area contributed by atoms with Crippen LogP contribution in [-0.4, -0.2) is 26.5 Å². The molecule has 2 N–H and O–H groups in total. The number of aromatic nitrogens is 1. The molecule has 1 aromatic rings. The second kappa shape index (κ2) is 4.65. The topological polar surface area (TPSA) is 71.1 Å². The zero-order valence-corrected chi connectivity index (χ0v) is 10.9. The maximum absolute atomic E-state index is 11.7. The van der Waals surface area contributed by atoms with Gasteiger partial charge < -0.3 is 5.32 Å². The van der Waals surface area contributed by atoms with Crippen LogP contribution in [0.15, 0.2) is 4.21 Å². The van der Waals surface area contributed by atoms with E-state index in [9.17, 15) is 8.42 Å². The summed E-state index contributed by atoms with van der Waals surface area (Å²) in [6.07, 6.45) is 0. The second-order valence-electron chi connectivity index (χ2n) is 3.12. The molecule has 1 heterocycles. The zero-order valence-electron chi connectivity index (χ0n) is 8.54. The first-order valence-electron chi connectivity index (χ1n) is 4.23. The molecule has 1 aromatic heterocycles. The van der Waals surface area contributed by atoms with E-state index < -0.39 is 10.0 Å². The van der Waals surface area contributed by atoms with Crippen LogP contribution >= 0.6 is 22.9 Å². The summed E-state index contributed by atoms with van der Waals surface area (Å²) in [5, 5.41) is 3.22. The largest absolute Gasteiger partial charge is 0.365 e. The maximum Gasteiger partial charge on any atom is 0.253 e. The van der Waals surface area contributed by atoms with Crippen molar-refractivity contribution in [2.75, 3.05) is 12.4 Å². The Labute approximate surface area is 97.9 Å². The van der Waals surface area contributed by atoms with Crippen molar-refractivity contribution >= 4 is 38.1 Å². The monoisotopic (exact) mass is 269 g/mol. The van der Waals surface area contributed by atoms with Gasteiger partial charge >= 0.3 is 0 Å². The summed E-state index contributed by atoms with van der Waals surface area (Å²) < 4.78 is 26.0. The van der Waals surface area contributed by atoms with Crippen LogP contribution < -0.4 is 10.0 Å². The van der Waals surface area contributed by atoms with Gasteiger partial charge in [-0.1, -0.05) is 22.9 Å². The molecule has 15 heavy (non-hydrogen) atoms. The minimum absolute atomic E-state index is 0.00231. The normalized spacial score (nSPS) is 12.1. The molecule has 0 saturated carbocycles. The number of nitrogens with zero attached hydrogens (tertiary/aromatic N) is 1. The average Bonchev–Trinajstić information content (AvgIpc) is 2.45. The van der Waals surface area contributed by atoms with E-state index in [4.69, 9.17) is 11.6 Å². The minimum Gasteiger partial charge on any atom is -0.365 e. The molecular weight excluding hydrogens is 258 g/mol. The van der Waals surface area contributed by atoms with Crippen LogP contribution in [0.5, 0.6) is 0 Å². The van der Waals surface area contributed by atoms with Gasteiger partial charge in [-0.2, -0.15) is 0 Å². The minimum atomic E-state index is -3.55. The Kier molecular flexibility index (Phi) is 3.93. The van der Waals surface area contributed by atoms with Crippen molar-refractivity contribution in [3.8, 4) is 0 Å². The van der Waals surface area contributed by atoms with Crippen LogP contribution in [-0.2, 0) is 10.0 Å². The number of halogens is 1. The summed E-state index contributed by atoms with van der Waals surface area (Å²) in [6, 6.07) is -0.175. The summed E-state index contributed by atoms with van der Waals surface area (Å²) in [5.74, 6) is 0. The van der Waals surface area contributed by atoms with Crippen molar-refractivity contribution in [3.63, 3.8) is 0 Å². The lowest BCUT2D eigenvalue weighted by Crippen LogP contribution is -2.29. The molecule has 0 aliphatic heterocycles. The van der Waals surface area contributed by atoms with E-state index in [-0.39, 0.29) is 15.4 Å². The van der Waals surface area contributed by atoms with Crippen LogP contribution in [0.1, 0.15) is 13.8 Å². The zero-order chi connectivity index (χ0) is 11.6. The molecule has 0 fully saturated rings. The third-order valence-electron chi connectivity index (χ3n) is 1.41. The van der Waals surface area contributed by atoms with Crippen LogP contribution in [0.3, 0.4) is 0 Å². The standard InChI is InChI=1S/C7H12ClN3O2S2/c1-4(2)11-15(12,13)6-5(8)10-7(9-3)14-6/h4,11H,1-3H3,(H,9,10). The number of hydrogen-bond acceptors (Lipinski definition) is 5. The van der Waals surface area contributed by atoms with Crippen molar-refractivity contribution in [2.45, 2.75) is 24.1 Å². The van der Waals surface area contributed by atoms with E-state index in [1.54, 1.807) is 20.9 Å². The first-order valence-corrected chi connectivity index (χ1v) is 6.91. The third-order valence-corrected chi connectivity index (χ3v) is 5.14. The fraction of sp³-hybridized carbons (Fsp3) is 0.571. The Balaban J connectivity index is 3.09. The summed E-state index contributed by atoms with van der Waals surface area (Å²) in [4.78, 5) is 3.86. The average molecular weight is 270 g/mol. The number of nitrogens with one attached hydrogen (secondary N) is 2. The van der Waals surface area contributed by atoms with Gasteiger partial charge in [0.25, 0.3) is 10.0 Å². The van der Waals surface area contributed by atoms with Crippen LogP contribution in [0.4, 0.5) is 5.13 Å². The molecule has 86 valence electrons. The van der Waals surface area contributed by atoms with Crippen molar-refractivity contribution < 1.29 is 8.42 Å². The van der Waals surface area contributed by atoms with E-state index in [1.807, 2.05) is 0 Å². The van der Waals surface area contributed by atoms with Gasteiger partial charge in [0.15, 0.2) is 14.5 Å². The van der Waals surface area contributed by atoms with Gasteiger partial charge in [0.1, 0.15) is 0 Å². The van der Waals surface area contributed by atoms with Crippen LogP contribution in [0.2, 0.25) is 5.15 Å². The first-order chi connectivity index (χ1) is 6.86. The fourth-order valence-corrected chi connectivity index (χ4v) is 3.84. The Morgan fingerprint density at radius 1 is 1.47 bits per heavy atom. The smallest absolute Gasteiger partial charge is 0.253 e. The molecule has 0 bridgehead atoms. The SMILES string of the molecule is CNc1nc(Cl)c(S(=O)(=O)NC(C)C)s1. The predicted molar refractivity (Wildman–Crippen MR) is 62.1 cm³/mol. The number of rotatable bonds is 4. The lowest BCUT2D eigenvalue weighted by atomic mass is 10.4. The van der Waals surface area contributed by atoms with E-state index in [0.717, 1.165) is 11.3 Å². The molecule has 0 aliphatic rings. The van der Waals surface area contributed by atoms with Crippen LogP contribution in [0.25, 0.3) is 0 Å². The Hall–Kier alpha value is -0.370. The van der Waals surface area contributed by atoms with Crippen molar-refractivity contribution in [1.82, 2.24) is 9.71 Å². The number of hydrogen-bond donors (Lipinski definition) is 2. The van der Waals surface area contributed by atoms with Gasteiger partial charge in [-0.15, -0.1) is 0 Å². The van der Waals surface area contributed by atoms with E-state index >= 15 is 0 Å². The molecule has 0 saturated heterocycles. The Morgan fingerprint density at radius 2 is 2.07 bits per heavy atom. The first kappa shape index (κ1) is 12.7. The molecule has 1 rings (SSSR count). The molecule has 5 nitrogen and oxygen atoms in total. The van der Waals surface area contributed by atoms with Gasteiger partial charge in [0, 0.05) is 13.1 Å². The number of anilines is 1. The summed E-state index contributed by atoms with van der Waals surface area (Å²) in [6.45, 7) is 3.48. The highest BCUT2D eigenvalue weighted by Crippen LogP contribution is 2.30. The molecule has 0 amide bonds. The quantitative estimate of drug-likeness (QED) is 0.870. The molecule has 0 aliphatic carbocycles. The number of sulfonamides is 1. The summed E-state index contributed by atoms with van der Waals surface area (Å²) >= 11 is 6.74. The van der Waals surface area contributed by atoms with Crippen molar-refractivity contribution in [3.05, 3.63) is 5.15 Å². The highest BCUT2D eigenvalue weighted by atomic mass is 35.5.